The van der Waals surface area contributed by atoms with Crippen LogP contribution in [0.5, 0.6) is 0 Å². The van der Waals surface area contributed by atoms with Gasteiger partial charge in [-0.25, -0.2) is 4.79 Å². The average Bonchev–Trinajstić information content (AvgIpc) is 2.24. The number of nitrogens with zero attached hydrogens (tertiary/aromatic N) is 1. The monoisotopic (exact) mass is 220 g/mol. The maximum Gasteiger partial charge on any atom is 0.319 e. The number of benzene rings is 1. The van der Waals surface area contributed by atoms with Gasteiger partial charge >= 0.3 is 6.03 Å². The molecule has 0 unspecified atom stereocenters. The molecule has 0 atom stereocenters. The van der Waals surface area contributed by atoms with E-state index in [2.05, 4.69) is 6.92 Å². The van der Waals surface area contributed by atoms with Gasteiger partial charge in [0.2, 0.25) is 0 Å². The summed E-state index contributed by atoms with van der Waals surface area (Å²) >= 11 is 0. The van der Waals surface area contributed by atoms with Crippen LogP contribution in [0.2, 0.25) is 0 Å². The van der Waals surface area contributed by atoms with Crippen molar-refractivity contribution in [1.82, 2.24) is 0 Å². The predicted octanol–water partition coefficient (Wildman–Crippen LogP) is 3.07. The molecule has 0 saturated heterocycles. The zero-order valence-electron chi connectivity index (χ0n) is 10.1. The lowest BCUT2D eigenvalue weighted by molar-refractivity contribution is 0.253. The molecule has 2 amide bonds. The standard InChI is InChI=1S/C13H20N2O/c1-3-4-5-9-15(13(14)16)12-8-6-7-11(2)10-12/h6-8,10H,3-5,9H2,1-2H3,(H2,14,16). The molecule has 0 spiro atoms. The summed E-state index contributed by atoms with van der Waals surface area (Å²) in [5, 5.41) is 0. The van der Waals surface area contributed by atoms with Crippen molar-refractivity contribution >= 4 is 11.7 Å². The summed E-state index contributed by atoms with van der Waals surface area (Å²) in [6, 6.07) is 7.48. The van der Waals surface area contributed by atoms with Crippen LogP contribution in [0.15, 0.2) is 24.3 Å². The number of carbonyl (C=O) groups is 1. The average molecular weight is 220 g/mol. The second kappa shape index (κ2) is 6.16. The quantitative estimate of drug-likeness (QED) is 0.761. The molecule has 2 N–H and O–H groups in total. The molecule has 0 saturated carbocycles. The Bertz CT molecular complexity index is 350. The Morgan fingerprint density at radius 1 is 1.38 bits per heavy atom. The van der Waals surface area contributed by atoms with Crippen LogP contribution in [0.4, 0.5) is 10.5 Å². The van der Waals surface area contributed by atoms with Crippen LogP contribution in [-0.2, 0) is 0 Å². The van der Waals surface area contributed by atoms with Crippen molar-refractivity contribution in [3.63, 3.8) is 0 Å². The highest BCUT2D eigenvalue weighted by Crippen LogP contribution is 2.16. The molecule has 0 aliphatic heterocycles. The number of primary amides is 1. The van der Waals surface area contributed by atoms with E-state index in [9.17, 15) is 4.79 Å². The zero-order chi connectivity index (χ0) is 12.0. The van der Waals surface area contributed by atoms with Crippen molar-refractivity contribution in [2.45, 2.75) is 33.1 Å². The first-order valence-electron chi connectivity index (χ1n) is 5.78. The Hall–Kier alpha value is -1.51. The molecule has 3 heteroatoms. The van der Waals surface area contributed by atoms with Crippen molar-refractivity contribution in [3.05, 3.63) is 29.8 Å². The Labute approximate surface area is 97.2 Å². The number of hydrogen-bond donors (Lipinski definition) is 1. The lowest BCUT2D eigenvalue weighted by atomic mass is 10.2. The summed E-state index contributed by atoms with van der Waals surface area (Å²) < 4.78 is 0. The number of rotatable bonds is 5. The molecule has 0 aromatic heterocycles. The van der Waals surface area contributed by atoms with E-state index in [0.29, 0.717) is 6.54 Å². The Morgan fingerprint density at radius 3 is 2.69 bits per heavy atom. The molecule has 1 rings (SSSR count). The summed E-state index contributed by atoms with van der Waals surface area (Å²) in [6.07, 6.45) is 3.25. The van der Waals surface area contributed by atoms with E-state index in [1.54, 1.807) is 4.90 Å². The summed E-state index contributed by atoms with van der Waals surface area (Å²) in [6.45, 7) is 4.85. The van der Waals surface area contributed by atoms with Crippen molar-refractivity contribution < 1.29 is 4.79 Å². The van der Waals surface area contributed by atoms with E-state index in [-0.39, 0.29) is 6.03 Å². The van der Waals surface area contributed by atoms with Gasteiger partial charge < -0.3 is 5.73 Å². The maximum absolute atomic E-state index is 11.4. The van der Waals surface area contributed by atoms with E-state index in [1.807, 2.05) is 31.2 Å². The van der Waals surface area contributed by atoms with Crippen LogP contribution >= 0.6 is 0 Å². The fraction of sp³-hybridized carbons (Fsp3) is 0.462. The first kappa shape index (κ1) is 12.6. The molecule has 1 aromatic rings. The highest BCUT2D eigenvalue weighted by atomic mass is 16.2. The summed E-state index contributed by atoms with van der Waals surface area (Å²) in [5.74, 6) is 0. The minimum absolute atomic E-state index is 0.373. The highest BCUT2D eigenvalue weighted by Gasteiger charge is 2.11. The van der Waals surface area contributed by atoms with Gasteiger partial charge in [-0.15, -0.1) is 0 Å². The van der Waals surface area contributed by atoms with Crippen LogP contribution in [0.1, 0.15) is 31.7 Å². The third-order valence-corrected chi connectivity index (χ3v) is 2.56. The van der Waals surface area contributed by atoms with Gasteiger partial charge in [-0.2, -0.15) is 0 Å². The number of anilines is 1. The molecule has 3 nitrogen and oxygen atoms in total. The smallest absolute Gasteiger partial charge is 0.319 e. The SMILES string of the molecule is CCCCCN(C(N)=O)c1cccc(C)c1. The van der Waals surface area contributed by atoms with Gasteiger partial charge in [0, 0.05) is 12.2 Å². The normalized spacial score (nSPS) is 10.1. The van der Waals surface area contributed by atoms with E-state index >= 15 is 0 Å². The van der Waals surface area contributed by atoms with E-state index < -0.39 is 0 Å². The number of hydrogen-bond acceptors (Lipinski definition) is 1. The van der Waals surface area contributed by atoms with Crippen molar-refractivity contribution in [2.75, 3.05) is 11.4 Å². The van der Waals surface area contributed by atoms with Gasteiger partial charge in [0.15, 0.2) is 0 Å². The molecule has 0 radical (unpaired) electrons. The van der Waals surface area contributed by atoms with Gasteiger partial charge in [-0.05, 0) is 31.0 Å². The third kappa shape index (κ3) is 3.57. The van der Waals surface area contributed by atoms with Crippen LogP contribution in [-0.4, -0.2) is 12.6 Å². The fourth-order valence-corrected chi connectivity index (χ4v) is 1.68. The highest BCUT2D eigenvalue weighted by molar-refractivity contribution is 5.90. The Morgan fingerprint density at radius 2 is 2.12 bits per heavy atom. The van der Waals surface area contributed by atoms with Gasteiger partial charge in [-0.1, -0.05) is 31.9 Å². The molecular weight excluding hydrogens is 200 g/mol. The molecule has 0 heterocycles. The van der Waals surface area contributed by atoms with Crippen LogP contribution in [0, 0.1) is 6.92 Å². The molecule has 0 aliphatic carbocycles. The molecule has 0 bridgehead atoms. The first-order chi connectivity index (χ1) is 7.65. The van der Waals surface area contributed by atoms with E-state index in [4.69, 9.17) is 5.73 Å². The number of aryl methyl sites for hydroxylation is 1. The van der Waals surface area contributed by atoms with Crippen LogP contribution in [0.25, 0.3) is 0 Å². The number of urea groups is 1. The Balaban J connectivity index is 2.73. The first-order valence-corrected chi connectivity index (χ1v) is 5.78. The molecule has 16 heavy (non-hydrogen) atoms. The lowest BCUT2D eigenvalue weighted by Gasteiger charge is -2.20. The summed E-state index contributed by atoms with van der Waals surface area (Å²) in [4.78, 5) is 13.0. The van der Waals surface area contributed by atoms with Gasteiger partial charge in [0.1, 0.15) is 0 Å². The van der Waals surface area contributed by atoms with Crippen molar-refractivity contribution in [3.8, 4) is 0 Å². The fourth-order valence-electron chi connectivity index (χ4n) is 1.68. The minimum Gasteiger partial charge on any atom is -0.351 e. The van der Waals surface area contributed by atoms with Crippen molar-refractivity contribution in [1.29, 1.82) is 0 Å². The van der Waals surface area contributed by atoms with Gasteiger partial charge in [0.25, 0.3) is 0 Å². The molecular formula is C13H20N2O. The van der Waals surface area contributed by atoms with Gasteiger partial charge in [0.05, 0.1) is 0 Å². The minimum atomic E-state index is -0.373. The number of amides is 2. The molecule has 0 aliphatic rings. The lowest BCUT2D eigenvalue weighted by Crippen LogP contribution is -2.36. The number of nitrogens with two attached hydrogens (primary N) is 1. The number of unbranched alkanes of at least 4 members (excludes halogenated alkanes) is 2. The van der Waals surface area contributed by atoms with Crippen molar-refractivity contribution in [2.24, 2.45) is 5.73 Å². The third-order valence-electron chi connectivity index (χ3n) is 2.56. The van der Waals surface area contributed by atoms with E-state index in [0.717, 1.165) is 30.5 Å². The molecule has 88 valence electrons. The predicted molar refractivity (Wildman–Crippen MR) is 67.6 cm³/mol. The zero-order valence-corrected chi connectivity index (χ0v) is 10.1. The van der Waals surface area contributed by atoms with Gasteiger partial charge in [-0.3, -0.25) is 4.90 Å². The van der Waals surface area contributed by atoms with Crippen LogP contribution < -0.4 is 10.6 Å². The maximum atomic E-state index is 11.4. The second-order valence-corrected chi connectivity index (χ2v) is 4.04. The largest absolute Gasteiger partial charge is 0.351 e. The van der Waals surface area contributed by atoms with Crippen LogP contribution in [0.3, 0.4) is 0 Å². The topological polar surface area (TPSA) is 46.3 Å². The Kier molecular flexibility index (Phi) is 4.83. The number of carbonyl (C=O) groups excluding carboxylic acids is 1. The second-order valence-electron chi connectivity index (χ2n) is 4.04. The molecule has 0 fully saturated rings. The molecule has 1 aromatic carbocycles. The van der Waals surface area contributed by atoms with E-state index in [1.165, 1.54) is 0 Å². The summed E-state index contributed by atoms with van der Waals surface area (Å²) in [7, 11) is 0. The summed E-state index contributed by atoms with van der Waals surface area (Å²) in [5.41, 5.74) is 7.42.